The van der Waals surface area contributed by atoms with Gasteiger partial charge in [-0.1, -0.05) is 15.9 Å². The van der Waals surface area contributed by atoms with E-state index >= 15 is 0 Å². The van der Waals surface area contributed by atoms with Crippen molar-refractivity contribution in [1.82, 2.24) is 0 Å². The normalized spacial score (nSPS) is 11.7. The van der Waals surface area contributed by atoms with E-state index < -0.39 is 10.9 Å². The number of aliphatic hydroxyl groups is 1. The summed E-state index contributed by atoms with van der Waals surface area (Å²) in [5.41, 5.74) is -0.474. The first-order valence-electron chi connectivity index (χ1n) is 5.39. The standard InChI is InChI=1S/C12H12BrNO5/c1-3-19-12(16)11(7(2)15)9-5-4-8(13)6-10(9)14(17)18/h4-6,15H,3H2,1-2H3/b11-7+. The molecule has 0 saturated heterocycles. The van der Waals surface area contributed by atoms with Crippen LogP contribution in [0.25, 0.3) is 5.57 Å². The number of hydrogen-bond donors (Lipinski definition) is 1. The molecule has 0 aliphatic heterocycles. The fraction of sp³-hybridized carbons (Fsp3) is 0.250. The Kier molecular flexibility index (Phi) is 5.05. The zero-order chi connectivity index (χ0) is 14.6. The molecule has 19 heavy (non-hydrogen) atoms. The lowest BCUT2D eigenvalue weighted by Gasteiger charge is -2.09. The number of nitrogens with zero attached hydrogens (tertiary/aromatic N) is 1. The van der Waals surface area contributed by atoms with Crippen molar-refractivity contribution in [2.24, 2.45) is 0 Å². The molecule has 0 unspecified atom stereocenters. The van der Waals surface area contributed by atoms with Gasteiger partial charge in [-0.25, -0.2) is 4.79 Å². The van der Waals surface area contributed by atoms with Crippen LogP contribution >= 0.6 is 15.9 Å². The van der Waals surface area contributed by atoms with Crippen molar-refractivity contribution in [2.45, 2.75) is 13.8 Å². The Bertz CT molecular complexity index is 549. The summed E-state index contributed by atoms with van der Waals surface area (Å²) in [6.45, 7) is 3.00. The van der Waals surface area contributed by atoms with E-state index in [-0.39, 0.29) is 29.2 Å². The maximum Gasteiger partial charge on any atom is 0.342 e. The quantitative estimate of drug-likeness (QED) is 0.301. The highest BCUT2D eigenvalue weighted by atomic mass is 79.9. The summed E-state index contributed by atoms with van der Waals surface area (Å²) in [5, 5.41) is 20.6. The molecule has 0 aliphatic carbocycles. The number of hydrogen-bond acceptors (Lipinski definition) is 5. The molecule has 0 heterocycles. The fourth-order valence-electron chi connectivity index (χ4n) is 1.52. The van der Waals surface area contributed by atoms with Crippen molar-refractivity contribution >= 4 is 33.2 Å². The van der Waals surface area contributed by atoms with Gasteiger partial charge >= 0.3 is 5.97 Å². The van der Waals surface area contributed by atoms with E-state index in [0.29, 0.717) is 4.47 Å². The molecule has 0 saturated carbocycles. The third-order valence-corrected chi connectivity index (χ3v) is 2.76. The molecule has 7 heteroatoms. The maximum atomic E-state index is 11.8. The van der Waals surface area contributed by atoms with Gasteiger partial charge in [0.1, 0.15) is 11.3 Å². The van der Waals surface area contributed by atoms with Gasteiger partial charge in [-0.3, -0.25) is 10.1 Å². The van der Waals surface area contributed by atoms with Crippen LogP contribution in [0.2, 0.25) is 0 Å². The van der Waals surface area contributed by atoms with Gasteiger partial charge < -0.3 is 9.84 Å². The SMILES string of the molecule is CCOC(=O)/C(=C(\C)O)c1ccc(Br)cc1[N+](=O)[O-]. The second-order valence-electron chi connectivity index (χ2n) is 3.60. The fourth-order valence-corrected chi connectivity index (χ4v) is 1.87. The van der Waals surface area contributed by atoms with Crippen LogP contribution in [-0.2, 0) is 9.53 Å². The molecule has 6 nitrogen and oxygen atoms in total. The van der Waals surface area contributed by atoms with Crippen LogP contribution in [0.5, 0.6) is 0 Å². The molecule has 1 N–H and O–H groups in total. The van der Waals surface area contributed by atoms with Crippen LogP contribution in [0.4, 0.5) is 5.69 Å². The highest BCUT2D eigenvalue weighted by Crippen LogP contribution is 2.31. The molecular formula is C12H12BrNO5. The van der Waals surface area contributed by atoms with Gasteiger partial charge in [-0.2, -0.15) is 0 Å². The summed E-state index contributed by atoms with van der Waals surface area (Å²) in [6, 6.07) is 4.19. The van der Waals surface area contributed by atoms with E-state index in [9.17, 15) is 20.0 Å². The number of allylic oxidation sites excluding steroid dienone is 1. The lowest BCUT2D eigenvalue weighted by atomic mass is 10.0. The van der Waals surface area contributed by atoms with Crippen molar-refractivity contribution in [3.63, 3.8) is 0 Å². The second kappa shape index (κ2) is 6.33. The number of carbonyl (C=O) groups excluding carboxylic acids is 1. The van der Waals surface area contributed by atoms with Gasteiger partial charge in [-0.05, 0) is 26.0 Å². The molecule has 0 amide bonds. The molecule has 0 aromatic heterocycles. The molecule has 1 aromatic carbocycles. The van der Waals surface area contributed by atoms with Gasteiger partial charge in [0.05, 0.1) is 17.1 Å². The zero-order valence-electron chi connectivity index (χ0n) is 10.3. The number of benzene rings is 1. The van der Waals surface area contributed by atoms with Crippen LogP contribution in [0.3, 0.4) is 0 Å². The van der Waals surface area contributed by atoms with Gasteiger partial charge in [0, 0.05) is 10.5 Å². The van der Waals surface area contributed by atoms with Gasteiger partial charge in [0.25, 0.3) is 5.69 Å². The zero-order valence-corrected chi connectivity index (χ0v) is 11.9. The van der Waals surface area contributed by atoms with E-state index in [4.69, 9.17) is 4.74 Å². The van der Waals surface area contributed by atoms with E-state index in [0.717, 1.165) is 0 Å². The highest BCUT2D eigenvalue weighted by molar-refractivity contribution is 9.10. The first-order chi connectivity index (χ1) is 8.88. The summed E-state index contributed by atoms with van der Waals surface area (Å²) < 4.78 is 5.30. The number of nitro groups is 1. The Hall–Kier alpha value is -1.89. The predicted octanol–water partition coefficient (Wildman–Crippen LogP) is 3.21. The van der Waals surface area contributed by atoms with Crippen molar-refractivity contribution in [3.8, 4) is 0 Å². The molecule has 1 rings (SSSR count). The molecule has 1 aromatic rings. The predicted molar refractivity (Wildman–Crippen MR) is 72.7 cm³/mol. The summed E-state index contributed by atoms with van der Waals surface area (Å²) >= 11 is 3.12. The van der Waals surface area contributed by atoms with Crippen LogP contribution in [0.15, 0.2) is 28.4 Å². The molecule has 0 aliphatic rings. The number of carbonyl (C=O) groups is 1. The van der Waals surface area contributed by atoms with Crippen LogP contribution in [-0.4, -0.2) is 22.6 Å². The second-order valence-corrected chi connectivity index (χ2v) is 4.52. The Balaban J connectivity index is 3.45. The highest BCUT2D eigenvalue weighted by Gasteiger charge is 2.25. The minimum absolute atomic E-state index is 0.0200. The number of rotatable bonds is 4. The first kappa shape index (κ1) is 15.2. The van der Waals surface area contributed by atoms with E-state index in [1.165, 1.54) is 19.1 Å². The number of nitro benzene ring substituents is 1. The first-order valence-corrected chi connectivity index (χ1v) is 6.19. The number of ether oxygens (including phenoxy) is 1. The Morgan fingerprint density at radius 3 is 2.63 bits per heavy atom. The van der Waals surface area contributed by atoms with Crippen molar-refractivity contribution < 1.29 is 19.6 Å². The van der Waals surface area contributed by atoms with Crippen molar-refractivity contribution in [3.05, 3.63) is 44.1 Å². The minimum Gasteiger partial charge on any atom is -0.512 e. The molecular weight excluding hydrogens is 318 g/mol. The third kappa shape index (κ3) is 3.54. The summed E-state index contributed by atoms with van der Waals surface area (Å²) in [5.74, 6) is -1.13. The third-order valence-electron chi connectivity index (χ3n) is 2.27. The summed E-state index contributed by atoms with van der Waals surface area (Å²) in [7, 11) is 0. The summed E-state index contributed by atoms with van der Waals surface area (Å²) in [4.78, 5) is 22.2. The molecule has 102 valence electrons. The van der Waals surface area contributed by atoms with Gasteiger partial charge in [0.2, 0.25) is 0 Å². The average Bonchev–Trinajstić information content (AvgIpc) is 2.31. The average molecular weight is 330 g/mol. The van der Waals surface area contributed by atoms with Crippen LogP contribution in [0.1, 0.15) is 19.4 Å². The molecule has 0 spiro atoms. The Morgan fingerprint density at radius 1 is 1.53 bits per heavy atom. The monoisotopic (exact) mass is 329 g/mol. The molecule has 0 radical (unpaired) electrons. The maximum absolute atomic E-state index is 11.8. The van der Waals surface area contributed by atoms with E-state index in [2.05, 4.69) is 15.9 Å². The van der Waals surface area contributed by atoms with Crippen molar-refractivity contribution in [1.29, 1.82) is 0 Å². The van der Waals surface area contributed by atoms with E-state index in [1.807, 2.05) is 0 Å². The van der Waals surface area contributed by atoms with Crippen LogP contribution in [0, 0.1) is 10.1 Å². The van der Waals surface area contributed by atoms with Gasteiger partial charge in [0.15, 0.2) is 0 Å². The van der Waals surface area contributed by atoms with Crippen molar-refractivity contribution in [2.75, 3.05) is 6.61 Å². The number of halogens is 1. The Labute approximate surface area is 118 Å². The molecule has 0 fully saturated rings. The van der Waals surface area contributed by atoms with Crippen LogP contribution < -0.4 is 0 Å². The molecule has 0 atom stereocenters. The lowest BCUT2D eigenvalue weighted by molar-refractivity contribution is -0.385. The Morgan fingerprint density at radius 2 is 2.16 bits per heavy atom. The number of esters is 1. The summed E-state index contributed by atoms with van der Waals surface area (Å²) in [6.07, 6.45) is 0. The topological polar surface area (TPSA) is 89.7 Å². The van der Waals surface area contributed by atoms with Gasteiger partial charge in [-0.15, -0.1) is 0 Å². The number of aliphatic hydroxyl groups excluding tert-OH is 1. The molecule has 0 bridgehead atoms. The van der Waals surface area contributed by atoms with E-state index in [1.54, 1.807) is 13.0 Å². The lowest BCUT2D eigenvalue weighted by Crippen LogP contribution is -2.10. The largest absolute Gasteiger partial charge is 0.512 e. The smallest absolute Gasteiger partial charge is 0.342 e. The minimum atomic E-state index is -0.798.